The zero-order valence-electron chi connectivity index (χ0n) is 20.2. The summed E-state index contributed by atoms with van der Waals surface area (Å²) in [5.74, 6) is -0.241. The maximum Gasteiger partial charge on any atom is 0.374 e. The van der Waals surface area contributed by atoms with Gasteiger partial charge in [-0.3, -0.25) is 4.79 Å². The third-order valence-corrected chi connectivity index (χ3v) is 6.03. The van der Waals surface area contributed by atoms with E-state index in [1.807, 2.05) is 30.4 Å². The highest BCUT2D eigenvalue weighted by Gasteiger charge is 2.23. The first-order valence-corrected chi connectivity index (χ1v) is 12.0. The number of hydrogen-bond donors (Lipinski definition) is 0. The van der Waals surface area contributed by atoms with E-state index in [1.165, 1.54) is 12.1 Å². The summed E-state index contributed by atoms with van der Waals surface area (Å²) in [6.07, 6.45) is 4.39. The van der Waals surface area contributed by atoms with Crippen LogP contribution >= 0.6 is 0 Å². The summed E-state index contributed by atoms with van der Waals surface area (Å²) >= 11 is 0. The topological polar surface area (TPSA) is 75.0 Å². The van der Waals surface area contributed by atoms with E-state index in [0.717, 1.165) is 28.5 Å². The number of carbonyl (C=O) groups is 1. The van der Waals surface area contributed by atoms with Crippen LogP contribution in [0.15, 0.2) is 75.9 Å². The minimum absolute atomic E-state index is 0.0942. The Kier molecular flexibility index (Phi) is 7.14. The third kappa shape index (κ3) is 5.62. The van der Waals surface area contributed by atoms with Crippen LogP contribution in [-0.4, -0.2) is 25.3 Å². The van der Waals surface area contributed by atoms with E-state index < -0.39 is 5.97 Å². The van der Waals surface area contributed by atoms with Crippen LogP contribution in [0.5, 0.6) is 5.75 Å². The van der Waals surface area contributed by atoms with Gasteiger partial charge in [0.25, 0.3) is 0 Å². The number of hydrogen-bond acceptors (Lipinski definition) is 6. The average molecular weight is 501 g/mol. The average Bonchev–Trinajstić information content (AvgIpc) is 3.31. The molecule has 4 aromatic rings. The quantitative estimate of drug-likeness (QED) is 0.225. The normalized spacial score (nSPS) is 14.6. The lowest BCUT2D eigenvalue weighted by Gasteiger charge is -2.11. The highest BCUT2D eigenvalue weighted by Crippen LogP contribution is 2.31. The number of para-hydroxylation sites is 1. The molecular formula is C30H25FO6. The van der Waals surface area contributed by atoms with Gasteiger partial charge in [0.05, 0.1) is 25.2 Å². The Balaban J connectivity index is 1.28. The number of esters is 1. The molecule has 7 heteroatoms. The van der Waals surface area contributed by atoms with Gasteiger partial charge in [-0.1, -0.05) is 42.5 Å². The minimum atomic E-state index is -0.671. The van der Waals surface area contributed by atoms with Gasteiger partial charge >= 0.3 is 5.97 Å². The first-order valence-electron chi connectivity index (χ1n) is 12.0. The summed E-state index contributed by atoms with van der Waals surface area (Å²) in [5, 5.41) is 0.390. The van der Waals surface area contributed by atoms with E-state index in [0.29, 0.717) is 36.2 Å². The van der Waals surface area contributed by atoms with Gasteiger partial charge in [-0.2, -0.15) is 0 Å². The summed E-state index contributed by atoms with van der Waals surface area (Å²) in [6.45, 7) is 2.69. The molecule has 0 N–H and O–H groups in total. The van der Waals surface area contributed by atoms with Gasteiger partial charge in [-0.15, -0.1) is 0 Å². The lowest BCUT2D eigenvalue weighted by atomic mass is 10.0. The Morgan fingerprint density at radius 2 is 1.92 bits per heavy atom. The molecule has 0 bridgehead atoms. The van der Waals surface area contributed by atoms with Gasteiger partial charge < -0.3 is 18.6 Å². The Bertz CT molecular complexity index is 1520. The molecule has 0 spiro atoms. The largest absolute Gasteiger partial charge is 0.487 e. The fraction of sp³-hybridized carbons (Fsp3) is 0.200. The lowest BCUT2D eigenvalue weighted by molar-refractivity contribution is 0.0490. The van der Waals surface area contributed by atoms with Crippen molar-refractivity contribution in [3.05, 3.63) is 111 Å². The number of halogens is 1. The molecule has 0 aliphatic carbocycles. The second-order valence-electron chi connectivity index (χ2n) is 8.71. The highest BCUT2D eigenvalue weighted by atomic mass is 19.1. The first kappa shape index (κ1) is 24.5. The van der Waals surface area contributed by atoms with Crippen LogP contribution in [0, 0.1) is 5.82 Å². The van der Waals surface area contributed by atoms with Crippen LogP contribution in [0.2, 0.25) is 0 Å². The summed E-state index contributed by atoms with van der Waals surface area (Å²) < 4.78 is 35.6. The molecule has 1 unspecified atom stereocenters. The van der Waals surface area contributed by atoms with Gasteiger partial charge in [-0.25, -0.2) is 9.18 Å². The molecular weight excluding hydrogens is 475 g/mol. The van der Waals surface area contributed by atoms with Crippen molar-refractivity contribution in [2.45, 2.75) is 26.1 Å². The zero-order valence-corrected chi connectivity index (χ0v) is 20.2. The second-order valence-corrected chi connectivity index (χ2v) is 8.71. The van der Waals surface area contributed by atoms with E-state index in [1.54, 1.807) is 31.2 Å². The van der Waals surface area contributed by atoms with Crippen LogP contribution in [-0.2, 0) is 22.5 Å². The molecule has 0 saturated heterocycles. The Morgan fingerprint density at radius 1 is 1.08 bits per heavy atom. The zero-order chi connectivity index (χ0) is 25.8. The molecule has 6 nitrogen and oxygen atoms in total. The Morgan fingerprint density at radius 3 is 2.73 bits per heavy atom. The van der Waals surface area contributed by atoms with Gasteiger partial charge in [0.15, 0.2) is 5.43 Å². The van der Waals surface area contributed by atoms with E-state index >= 15 is 0 Å². The van der Waals surface area contributed by atoms with Gasteiger partial charge in [0.2, 0.25) is 5.76 Å². The number of ether oxygens (including phenoxy) is 3. The van der Waals surface area contributed by atoms with E-state index in [9.17, 15) is 14.0 Å². The van der Waals surface area contributed by atoms with E-state index in [4.69, 9.17) is 18.6 Å². The number of carbonyl (C=O) groups excluding carboxylic acids is 1. The Hall–Kier alpha value is -4.23. The maximum atomic E-state index is 13.0. The van der Waals surface area contributed by atoms with Crippen molar-refractivity contribution in [1.82, 2.24) is 0 Å². The molecule has 37 heavy (non-hydrogen) atoms. The molecule has 1 aliphatic rings. The summed E-state index contributed by atoms with van der Waals surface area (Å²) in [6, 6.07) is 18.6. The SMILES string of the molecule is CCOC(=O)c1cc(=O)c2cccc(C=Cc3ccc4c(c3)CC(COCc3ccc(F)cc3)O4)c2o1. The number of fused-ring (bicyclic) bond motifs is 2. The maximum absolute atomic E-state index is 13.0. The molecule has 1 aromatic heterocycles. The molecule has 0 amide bonds. The Labute approximate surface area is 212 Å². The molecule has 0 saturated carbocycles. The number of benzene rings is 3. The predicted molar refractivity (Wildman–Crippen MR) is 138 cm³/mol. The third-order valence-electron chi connectivity index (χ3n) is 6.03. The van der Waals surface area contributed by atoms with Crippen molar-refractivity contribution in [3.8, 4) is 5.75 Å². The van der Waals surface area contributed by atoms with Crippen molar-refractivity contribution in [3.63, 3.8) is 0 Å². The van der Waals surface area contributed by atoms with Gasteiger partial charge in [0, 0.05) is 18.1 Å². The molecule has 0 radical (unpaired) electrons. The molecule has 0 fully saturated rings. The number of rotatable bonds is 8. The van der Waals surface area contributed by atoms with Crippen LogP contribution < -0.4 is 10.2 Å². The predicted octanol–water partition coefficient (Wildman–Crippen LogP) is 5.80. The molecule has 188 valence electrons. The summed E-state index contributed by atoms with van der Waals surface area (Å²) in [7, 11) is 0. The van der Waals surface area contributed by atoms with Gasteiger partial charge in [-0.05, 0) is 53.9 Å². The fourth-order valence-corrected chi connectivity index (χ4v) is 4.24. The minimum Gasteiger partial charge on any atom is -0.487 e. The molecule has 1 atom stereocenters. The first-order chi connectivity index (χ1) is 18.0. The fourth-order valence-electron chi connectivity index (χ4n) is 4.24. The van der Waals surface area contributed by atoms with Crippen LogP contribution in [0.1, 0.15) is 39.7 Å². The summed E-state index contributed by atoms with van der Waals surface area (Å²) in [4.78, 5) is 24.6. The van der Waals surface area contributed by atoms with Crippen molar-refractivity contribution in [2.75, 3.05) is 13.2 Å². The van der Waals surface area contributed by atoms with Crippen molar-refractivity contribution in [2.24, 2.45) is 0 Å². The standard InChI is InChI=1S/C30H25FO6/c1-2-35-30(33)28-16-26(32)25-5-3-4-21(29(25)37-28)10-6-19-9-13-27-22(14-19)15-24(36-27)18-34-17-20-7-11-23(31)12-8-20/h3-14,16,24H,2,15,17-18H2,1H3. The lowest BCUT2D eigenvalue weighted by Crippen LogP contribution is -2.20. The van der Waals surface area contributed by atoms with Crippen molar-refractivity contribution >= 4 is 29.1 Å². The van der Waals surface area contributed by atoms with E-state index in [2.05, 4.69) is 6.07 Å². The van der Waals surface area contributed by atoms with Crippen molar-refractivity contribution in [1.29, 1.82) is 0 Å². The highest BCUT2D eigenvalue weighted by molar-refractivity contribution is 5.92. The van der Waals surface area contributed by atoms with E-state index in [-0.39, 0.29) is 29.7 Å². The molecule has 1 aliphatic heterocycles. The summed E-state index contributed by atoms with van der Waals surface area (Å²) in [5.41, 5.74) is 3.63. The molecule has 2 heterocycles. The van der Waals surface area contributed by atoms with Crippen LogP contribution in [0.4, 0.5) is 4.39 Å². The monoisotopic (exact) mass is 500 g/mol. The van der Waals surface area contributed by atoms with Gasteiger partial charge in [0.1, 0.15) is 23.3 Å². The molecule has 5 rings (SSSR count). The second kappa shape index (κ2) is 10.8. The van der Waals surface area contributed by atoms with Crippen molar-refractivity contribution < 1.29 is 27.8 Å². The molecule has 3 aromatic carbocycles. The van der Waals surface area contributed by atoms with Crippen LogP contribution in [0.3, 0.4) is 0 Å². The smallest absolute Gasteiger partial charge is 0.374 e. The van der Waals surface area contributed by atoms with Crippen LogP contribution in [0.25, 0.3) is 23.1 Å².